The van der Waals surface area contributed by atoms with E-state index in [1.807, 2.05) is 30.3 Å². The Balaban J connectivity index is 2.47. The summed E-state index contributed by atoms with van der Waals surface area (Å²) in [6.45, 7) is 15.0. The standard InChI is InChI=1S/C19H36N2O2Si2/c1-24(2,3)20-15-11-10-14-18(21-25(4,5)6)19(22)23-16-17-12-8-7-9-13-17/h7-9,12-13,18,20-21H,10-11,14-16H2,1-6H3/t18-/m0/s1. The van der Waals surface area contributed by atoms with Crippen molar-refractivity contribution in [1.29, 1.82) is 0 Å². The molecule has 0 spiro atoms. The van der Waals surface area contributed by atoms with Crippen LogP contribution in [-0.4, -0.2) is 35.0 Å². The van der Waals surface area contributed by atoms with Gasteiger partial charge in [-0.25, -0.2) is 0 Å². The summed E-state index contributed by atoms with van der Waals surface area (Å²) in [5, 5.41) is 0. The normalized spacial score (nSPS) is 13.5. The fourth-order valence-electron chi connectivity index (χ4n) is 2.54. The lowest BCUT2D eigenvalue weighted by Gasteiger charge is -2.26. The Morgan fingerprint density at radius 2 is 1.64 bits per heavy atom. The van der Waals surface area contributed by atoms with Gasteiger partial charge in [0.05, 0.1) is 6.04 Å². The summed E-state index contributed by atoms with van der Waals surface area (Å²) >= 11 is 0. The molecule has 0 saturated carbocycles. The van der Waals surface area contributed by atoms with E-state index >= 15 is 0 Å². The minimum atomic E-state index is -1.55. The lowest BCUT2D eigenvalue weighted by molar-refractivity contribution is -0.147. The molecule has 0 aliphatic heterocycles. The van der Waals surface area contributed by atoms with Gasteiger partial charge < -0.3 is 14.7 Å². The smallest absolute Gasteiger partial charge is 0.322 e. The molecule has 0 aromatic heterocycles. The van der Waals surface area contributed by atoms with Gasteiger partial charge in [0.2, 0.25) is 0 Å². The second-order valence-electron chi connectivity index (χ2n) is 8.71. The van der Waals surface area contributed by atoms with Crippen molar-refractivity contribution in [2.75, 3.05) is 6.54 Å². The fraction of sp³-hybridized carbons (Fsp3) is 0.632. The maximum Gasteiger partial charge on any atom is 0.322 e. The number of nitrogens with one attached hydrogen (secondary N) is 2. The van der Waals surface area contributed by atoms with Crippen molar-refractivity contribution in [3.63, 3.8) is 0 Å². The maximum absolute atomic E-state index is 12.5. The molecule has 1 aromatic rings. The molecule has 0 bridgehead atoms. The largest absolute Gasteiger partial charge is 0.460 e. The summed E-state index contributed by atoms with van der Waals surface area (Å²) in [5.41, 5.74) is 1.03. The van der Waals surface area contributed by atoms with Gasteiger partial charge in [0.25, 0.3) is 0 Å². The van der Waals surface area contributed by atoms with Crippen LogP contribution in [0.25, 0.3) is 0 Å². The van der Waals surface area contributed by atoms with E-state index in [2.05, 4.69) is 49.2 Å². The van der Waals surface area contributed by atoms with Crippen LogP contribution in [0.15, 0.2) is 30.3 Å². The second-order valence-corrected chi connectivity index (χ2v) is 18.4. The molecular weight excluding hydrogens is 344 g/mol. The van der Waals surface area contributed by atoms with Gasteiger partial charge in [-0.3, -0.25) is 4.79 Å². The summed E-state index contributed by atoms with van der Waals surface area (Å²) in [4.78, 5) is 19.7. The first-order chi connectivity index (χ1) is 11.6. The quantitative estimate of drug-likeness (QED) is 0.344. The number of hydrogen-bond acceptors (Lipinski definition) is 4. The van der Waals surface area contributed by atoms with E-state index in [1.54, 1.807) is 0 Å². The first-order valence-corrected chi connectivity index (χ1v) is 16.3. The number of hydrogen-bond donors (Lipinski definition) is 2. The average Bonchev–Trinajstić information content (AvgIpc) is 2.50. The Hall–Kier alpha value is -0.956. The molecule has 4 nitrogen and oxygen atoms in total. The van der Waals surface area contributed by atoms with Gasteiger partial charge in [0, 0.05) is 0 Å². The van der Waals surface area contributed by atoms with Crippen molar-refractivity contribution in [3.8, 4) is 0 Å². The van der Waals surface area contributed by atoms with Gasteiger partial charge in [-0.2, -0.15) is 0 Å². The van der Waals surface area contributed by atoms with E-state index in [1.165, 1.54) is 0 Å². The number of unbranched alkanes of at least 4 members (excludes halogenated alkanes) is 1. The number of carbonyl (C=O) groups excluding carboxylic acids is 1. The van der Waals surface area contributed by atoms with Crippen molar-refractivity contribution in [1.82, 2.24) is 9.96 Å². The number of esters is 1. The van der Waals surface area contributed by atoms with E-state index in [0.717, 1.165) is 31.4 Å². The minimum absolute atomic E-state index is 0.121. The molecule has 2 N–H and O–H groups in total. The summed E-state index contributed by atoms with van der Waals surface area (Å²) < 4.78 is 5.56. The highest BCUT2D eigenvalue weighted by molar-refractivity contribution is 6.74. The first-order valence-electron chi connectivity index (χ1n) is 9.30. The summed E-state index contributed by atoms with van der Waals surface area (Å²) in [7, 11) is -2.74. The third-order valence-corrected chi connectivity index (χ3v) is 6.22. The van der Waals surface area contributed by atoms with Crippen molar-refractivity contribution in [2.24, 2.45) is 0 Å². The van der Waals surface area contributed by atoms with E-state index < -0.39 is 16.5 Å². The summed E-state index contributed by atoms with van der Waals surface area (Å²) in [5.74, 6) is -0.121. The zero-order chi connectivity index (χ0) is 18.9. The zero-order valence-electron chi connectivity index (χ0n) is 16.8. The van der Waals surface area contributed by atoms with Crippen LogP contribution >= 0.6 is 0 Å². The molecule has 1 rings (SSSR count). The monoisotopic (exact) mass is 380 g/mol. The molecule has 1 aromatic carbocycles. The van der Waals surface area contributed by atoms with Crippen LogP contribution in [0.2, 0.25) is 39.3 Å². The molecule has 0 heterocycles. The van der Waals surface area contributed by atoms with Gasteiger partial charge in [-0.15, -0.1) is 0 Å². The summed E-state index contributed by atoms with van der Waals surface area (Å²) in [6, 6.07) is 9.67. The zero-order valence-corrected chi connectivity index (χ0v) is 18.8. The van der Waals surface area contributed by atoms with Crippen LogP contribution in [0.4, 0.5) is 0 Å². The van der Waals surface area contributed by atoms with Crippen LogP contribution in [0, 0.1) is 0 Å². The Labute approximate surface area is 155 Å². The SMILES string of the molecule is C[Si](C)(C)NCCCC[C@H](N[Si](C)(C)C)C(=O)OCc1ccccc1. The van der Waals surface area contributed by atoms with Crippen LogP contribution in [0.1, 0.15) is 24.8 Å². The lowest BCUT2D eigenvalue weighted by atomic mass is 10.1. The van der Waals surface area contributed by atoms with E-state index in [-0.39, 0.29) is 12.0 Å². The number of carbonyl (C=O) groups is 1. The van der Waals surface area contributed by atoms with Gasteiger partial charge >= 0.3 is 5.97 Å². The number of benzene rings is 1. The molecule has 0 aliphatic carbocycles. The number of rotatable bonds is 11. The molecule has 6 heteroatoms. The molecule has 1 atom stereocenters. The van der Waals surface area contributed by atoms with Crippen LogP contribution < -0.4 is 9.96 Å². The van der Waals surface area contributed by atoms with Gasteiger partial charge in [0.15, 0.2) is 0 Å². The predicted molar refractivity (Wildman–Crippen MR) is 112 cm³/mol. The van der Waals surface area contributed by atoms with Crippen LogP contribution in [0.3, 0.4) is 0 Å². The Kier molecular flexibility index (Phi) is 9.06. The lowest BCUT2D eigenvalue weighted by Crippen LogP contribution is -2.51. The molecule has 0 unspecified atom stereocenters. The van der Waals surface area contributed by atoms with Crippen molar-refractivity contribution in [2.45, 2.75) is 71.2 Å². The Bertz CT molecular complexity index is 510. The molecular formula is C19H36N2O2Si2. The van der Waals surface area contributed by atoms with Crippen LogP contribution in [0.5, 0.6) is 0 Å². The van der Waals surface area contributed by atoms with Crippen molar-refractivity contribution >= 4 is 22.4 Å². The third-order valence-electron chi connectivity index (χ3n) is 3.69. The maximum atomic E-state index is 12.5. The van der Waals surface area contributed by atoms with Gasteiger partial charge in [0.1, 0.15) is 23.1 Å². The minimum Gasteiger partial charge on any atom is -0.460 e. The highest BCUT2D eigenvalue weighted by atomic mass is 28.3. The van der Waals surface area contributed by atoms with Gasteiger partial charge in [-0.05, 0) is 24.9 Å². The topological polar surface area (TPSA) is 50.4 Å². The first kappa shape index (κ1) is 22.1. The predicted octanol–water partition coefficient (Wildman–Crippen LogP) is 4.12. The molecule has 25 heavy (non-hydrogen) atoms. The number of ether oxygens (including phenoxy) is 1. The molecule has 0 radical (unpaired) electrons. The highest BCUT2D eigenvalue weighted by Gasteiger charge is 2.26. The summed E-state index contributed by atoms with van der Waals surface area (Å²) in [6.07, 6.45) is 2.96. The molecule has 0 fully saturated rings. The molecule has 0 amide bonds. The van der Waals surface area contributed by atoms with Crippen LogP contribution in [-0.2, 0) is 16.1 Å². The second kappa shape index (κ2) is 10.3. The van der Waals surface area contributed by atoms with E-state index in [4.69, 9.17) is 4.74 Å². The molecule has 0 saturated heterocycles. The average molecular weight is 381 g/mol. The highest BCUT2D eigenvalue weighted by Crippen LogP contribution is 2.10. The molecule has 0 aliphatic rings. The Morgan fingerprint density at radius 1 is 1.00 bits per heavy atom. The third kappa shape index (κ3) is 11.3. The molecule has 142 valence electrons. The van der Waals surface area contributed by atoms with Crippen molar-refractivity contribution < 1.29 is 9.53 Å². The fourth-order valence-corrected chi connectivity index (χ4v) is 4.77. The van der Waals surface area contributed by atoms with Crippen molar-refractivity contribution in [3.05, 3.63) is 35.9 Å². The van der Waals surface area contributed by atoms with Gasteiger partial charge in [-0.1, -0.05) is 76.0 Å². The van der Waals surface area contributed by atoms with E-state index in [9.17, 15) is 4.79 Å². The Morgan fingerprint density at radius 3 is 2.20 bits per heavy atom. The van der Waals surface area contributed by atoms with E-state index in [0.29, 0.717) is 6.61 Å².